The van der Waals surface area contributed by atoms with Crippen LogP contribution < -0.4 is 0 Å². The molecule has 10 heteroatoms. The summed E-state index contributed by atoms with van der Waals surface area (Å²) in [5.74, 6) is -1.10. The second kappa shape index (κ2) is 7.04. The van der Waals surface area contributed by atoms with Crippen molar-refractivity contribution in [1.82, 2.24) is 5.06 Å². The number of hydroxylamine groups is 2. The second-order valence-electron chi connectivity index (χ2n) is 6.27. The monoisotopic (exact) mass is 380 g/mol. The van der Waals surface area contributed by atoms with Crippen LogP contribution in [-0.4, -0.2) is 44.4 Å². The maximum absolute atomic E-state index is 12.9. The van der Waals surface area contributed by atoms with E-state index >= 15 is 0 Å². The zero-order chi connectivity index (χ0) is 18.9. The van der Waals surface area contributed by atoms with Gasteiger partial charge in [-0.2, -0.15) is 8.68 Å². The lowest BCUT2D eigenvalue weighted by atomic mass is 10.2. The van der Waals surface area contributed by atoms with E-state index in [1.807, 2.05) is 6.92 Å². The van der Waals surface area contributed by atoms with Crippen molar-refractivity contribution in [3.05, 3.63) is 34.4 Å². The van der Waals surface area contributed by atoms with E-state index in [9.17, 15) is 24.5 Å². The van der Waals surface area contributed by atoms with E-state index in [1.54, 1.807) is 18.2 Å². The van der Waals surface area contributed by atoms with E-state index in [1.165, 1.54) is 6.07 Å². The van der Waals surface area contributed by atoms with Crippen LogP contribution in [0.3, 0.4) is 0 Å². The van der Waals surface area contributed by atoms with Gasteiger partial charge in [0.05, 0.1) is 4.92 Å². The van der Waals surface area contributed by atoms with Crippen molar-refractivity contribution in [3.63, 3.8) is 0 Å². The molecule has 0 aromatic heterocycles. The van der Waals surface area contributed by atoms with Gasteiger partial charge in [0.15, 0.2) is 0 Å². The minimum Gasteiger partial charge on any atom is -0.280 e. The van der Waals surface area contributed by atoms with Crippen LogP contribution >= 0.6 is 11.9 Å². The fourth-order valence-corrected chi connectivity index (χ4v) is 4.50. The molecule has 138 valence electrons. The Morgan fingerprint density at radius 1 is 1.31 bits per heavy atom. The third kappa shape index (κ3) is 3.17. The van der Waals surface area contributed by atoms with Crippen molar-refractivity contribution in [2.45, 2.75) is 43.5 Å². The normalized spacial score (nSPS) is 25.6. The largest absolute Gasteiger partial charge is 0.553 e. The number of likely N-dealkylation sites (tertiary alicyclic amines) is 1. The van der Waals surface area contributed by atoms with Gasteiger partial charge in [0, 0.05) is 31.7 Å². The molecule has 2 saturated heterocycles. The lowest BCUT2D eigenvalue weighted by Crippen LogP contribution is -2.52. The molecule has 9 nitrogen and oxygen atoms in total. The third-order valence-corrected chi connectivity index (χ3v) is 6.19. The molecule has 0 radical (unpaired) electrons. The molecule has 1 aromatic rings. The predicted molar refractivity (Wildman–Crippen MR) is 90.3 cm³/mol. The standard InChI is InChI=1S/C16H18N3O6S/c1-11-5-4-10-19(11,16(22)25-17-14(20)8-9-15(17)21)26-13-7-3-2-6-12(13)18(23)24/h2-3,6-7,11H,4-5,8-10H2,1H3/q+1/t11-,19?/m1/s1. The van der Waals surface area contributed by atoms with Gasteiger partial charge in [0.2, 0.25) is 0 Å². The number of nitro benzene ring substituents is 1. The quantitative estimate of drug-likeness (QED) is 0.260. The highest BCUT2D eigenvalue weighted by Gasteiger charge is 2.53. The lowest BCUT2D eigenvalue weighted by Gasteiger charge is -2.31. The van der Waals surface area contributed by atoms with Crippen LogP contribution in [-0.2, 0) is 14.4 Å². The molecule has 0 N–H and O–H groups in total. The molecule has 3 rings (SSSR count). The van der Waals surface area contributed by atoms with E-state index in [4.69, 9.17) is 4.84 Å². The van der Waals surface area contributed by atoms with Crippen LogP contribution in [0.25, 0.3) is 0 Å². The number of hydrogen-bond acceptors (Lipinski definition) is 7. The Morgan fingerprint density at radius 3 is 2.54 bits per heavy atom. The van der Waals surface area contributed by atoms with Crippen molar-refractivity contribution < 1.29 is 28.0 Å². The summed E-state index contributed by atoms with van der Waals surface area (Å²) in [6.45, 7) is 2.25. The molecule has 1 unspecified atom stereocenters. The van der Waals surface area contributed by atoms with E-state index in [0.717, 1.165) is 24.8 Å². The Hall–Kier alpha value is -2.46. The van der Waals surface area contributed by atoms with Gasteiger partial charge in [0.1, 0.15) is 29.4 Å². The molecule has 2 heterocycles. The first-order chi connectivity index (χ1) is 12.3. The van der Waals surface area contributed by atoms with E-state index in [-0.39, 0.29) is 28.5 Å². The van der Waals surface area contributed by atoms with Crippen LogP contribution in [0.4, 0.5) is 10.5 Å². The topological polar surface area (TPSA) is 107 Å². The van der Waals surface area contributed by atoms with Crippen LogP contribution in [0.1, 0.15) is 32.6 Å². The van der Waals surface area contributed by atoms with E-state index < -0.39 is 22.8 Å². The van der Waals surface area contributed by atoms with Crippen molar-refractivity contribution >= 4 is 35.5 Å². The van der Waals surface area contributed by atoms with Crippen molar-refractivity contribution in [3.8, 4) is 0 Å². The van der Waals surface area contributed by atoms with Gasteiger partial charge in [-0.1, -0.05) is 17.2 Å². The Morgan fingerprint density at radius 2 is 1.96 bits per heavy atom. The fourth-order valence-electron chi connectivity index (χ4n) is 3.16. The average Bonchev–Trinajstić information content (AvgIpc) is 3.13. The zero-order valence-corrected chi connectivity index (χ0v) is 14.9. The first-order valence-electron chi connectivity index (χ1n) is 8.24. The van der Waals surface area contributed by atoms with E-state index in [0.29, 0.717) is 16.5 Å². The Bertz CT molecular complexity index is 769. The molecule has 0 spiro atoms. The Labute approximate surface area is 153 Å². The van der Waals surface area contributed by atoms with Crippen molar-refractivity contribution in [2.24, 2.45) is 0 Å². The predicted octanol–water partition coefficient (Wildman–Crippen LogP) is 2.80. The molecule has 2 fully saturated rings. The summed E-state index contributed by atoms with van der Waals surface area (Å²) in [5.41, 5.74) is -0.102. The second-order valence-corrected chi connectivity index (χ2v) is 7.54. The molecule has 0 saturated carbocycles. The number of carbonyl (C=O) groups excluding carboxylic acids is 3. The van der Waals surface area contributed by atoms with Crippen molar-refractivity contribution in [2.75, 3.05) is 6.54 Å². The molecule has 2 aliphatic heterocycles. The number of carbonyl (C=O) groups is 3. The molecule has 2 atom stereocenters. The summed E-state index contributed by atoms with van der Waals surface area (Å²) in [6.07, 6.45) is 0.718. The summed E-state index contributed by atoms with van der Waals surface area (Å²) in [6, 6.07) is 5.98. The van der Waals surface area contributed by atoms with Crippen LogP contribution in [0.15, 0.2) is 29.2 Å². The summed E-state index contributed by atoms with van der Waals surface area (Å²) in [4.78, 5) is 52.7. The van der Waals surface area contributed by atoms with Gasteiger partial charge in [-0.25, -0.2) is 0 Å². The number of amides is 3. The van der Waals surface area contributed by atoms with Gasteiger partial charge in [-0.15, -0.1) is 0 Å². The van der Waals surface area contributed by atoms with Crippen molar-refractivity contribution in [1.29, 1.82) is 0 Å². The summed E-state index contributed by atoms with van der Waals surface area (Å²) in [7, 11) is 0. The number of quaternary nitrogens is 1. The van der Waals surface area contributed by atoms with Gasteiger partial charge in [-0.3, -0.25) is 24.5 Å². The van der Waals surface area contributed by atoms with Gasteiger partial charge >= 0.3 is 6.09 Å². The maximum atomic E-state index is 12.9. The first-order valence-corrected chi connectivity index (χ1v) is 9.01. The number of benzene rings is 1. The van der Waals surface area contributed by atoms with Crippen LogP contribution in [0.2, 0.25) is 0 Å². The number of imide groups is 1. The smallest absolute Gasteiger partial charge is 0.280 e. The summed E-state index contributed by atoms with van der Waals surface area (Å²) < 4.78 is -0.262. The summed E-state index contributed by atoms with van der Waals surface area (Å²) >= 11 is 1.03. The minimum atomic E-state index is -0.762. The molecular formula is C16H18N3O6S+. The SMILES string of the molecule is C[C@@H]1CCC[N+]1(Sc1ccccc1[N+](=O)[O-])C(=O)ON1C(=O)CCC1=O. The number of para-hydroxylation sites is 1. The average molecular weight is 380 g/mol. The Kier molecular flexibility index (Phi) is 4.97. The maximum Gasteiger partial charge on any atom is 0.553 e. The van der Waals surface area contributed by atoms with Crippen LogP contribution in [0, 0.1) is 10.1 Å². The third-order valence-electron chi connectivity index (χ3n) is 4.63. The van der Waals surface area contributed by atoms with Gasteiger partial charge in [0.25, 0.3) is 17.5 Å². The number of rotatable bonds is 4. The number of hydrogen-bond donors (Lipinski definition) is 0. The molecule has 1 aromatic carbocycles. The van der Waals surface area contributed by atoms with Gasteiger partial charge < -0.3 is 0 Å². The fraction of sp³-hybridized carbons (Fsp3) is 0.438. The van der Waals surface area contributed by atoms with Gasteiger partial charge in [-0.05, 0) is 13.0 Å². The molecule has 26 heavy (non-hydrogen) atoms. The highest BCUT2D eigenvalue weighted by Crippen LogP contribution is 2.44. The zero-order valence-electron chi connectivity index (χ0n) is 14.1. The van der Waals surface area contributed by atoms with E-state index in [2.05, 4.69) is 0 Å². The number of nitrogens with zero attached hydrogens (tertiary/aromatic N) is 3. The number of nitro groups is 1. The lowest BCUT2D eigenvalue weighted by molar-refractivity contribution is -0.733. The molecule has 0 bridgehead atoms. The summed E-state index contributed by atoms with van der Waals surface area (Å²) in [5, 5.41) is 11.8. The molecule has 2 aliphatic rings. The highest BCUT2D eigenvalue weighted by molar-refractivity contribution is 7.94. The molecule has 0 aliphatic carbocycles. The van der Waals surface area contributed by atoms with Crippen LogP contribution in [0.5, 0.6) is 0 Å². The minimum absolute atomic E-state index is 0.0129. The molecular weight excluding hydrogens is 362 g/mol. The Balaban J connectivity index is 1.90. The molecule has 3 amide bonds. The first kappa shape index (κ1) is 18.3. The highest BCUT2D eigenvalue weighted by atomic mass is 32.2.